The third-order valence-electron chi connectivity index (χ3n) is 2.30. The Balaban J connectivity index is 2.02. The van der Waals surface area contributed by atoms with Gasteiger partial charge in [-0.1, -0.05) is 6.07 Å². The van der Waals surface area contributed by atoms with Crippen LogP contribution in [0, 0.1) is 11.6 Å². The molecule has 0 radical (unpaired) electrons. The number of rotatable bonds is 4. The topological polar surface area (TPSA) is 35.5 Å². The molecule has 1 aromatic rings. The zero-order chi connectivity index (χ0) is 11.5. The van der Waals surface area contributed by atoms with Gasteiger partial charge in [0.15, 0.2) is 5.78 Å². The highest BCUT2D eigenvalue weighted by atomic mass is 19.1. The predicted octanol–water partition coefficient (Wildman–Crippen LogP) is 1.56. The van der Waals surface area contributed by atoms with Crippen molar-refractivity contribution < 1.29 is 23.0 Å². The van der Waals surface area contributed by atoms with Crippen LogP contribution in [0.1, 0.15) is 10.4 Å². The number of hydrogen-bond acceptors (Lipinski definition) is 3. The van der Waals surface area contributed by atoms with E-state index in [0.29, 0.717) is 13.2 Å². The highest BCUT2D eigenvalue weighted by Gasteiger charge is 2.22. The fourth-order valence-electron chi connectivity index (χ4n) is 1.34. The van der Waals surface area contributed by atoms with Gasteiger partial charge < -0.3 is 9.47 Å². The highest BCUT2D eigenvalue weighted by molar-refractivity contribution is 5.97. The van der Waals surface area contributed by atoms with E-state index in [2.05, 4.69) is 0 Å². The SMILES string of the molecule is O=C(COC1COC1)c1c(F)cccc1F. The van der Waals surface area contributed by atoms with E-state index in [0.717, 1.165) is 12.1 Å². The molecule has 0 atom stereocenters. The quantitative estimate of drug-likeness (QED) is 0.734. The Labute approximate surface area is 91.0 Å². The van der Waals surface area contributed by atoms with Crippen molar-refractivity contribution in [3.63, 3.8) is 0 Å². The van der Waals surface area contributed by atoms with E-state index in [1.165, 1.54) is 6.07 Å². The third-order valence-corrected chi connectivity index (χ3v) is 2.30. The van der Waals surface area contributed by atoms with Gasteiger partial charge in [0.2, 0.25) is 0 Å². The molecule has 0 amide bonds. The molecule has 1 heterocycles. The second-order valence-corrected chi connectivity index (χ2v) is 3.49. The van der Waals surface area contributed by atoms with E-state index in [-0.39, 0.29) is 12.7 Å². The molecule has 2 rings (SSSR count). The first-order valence-corrected chi connectivity index (χ1v) is 4.85. The van der Waals surface area contributed by atoms with Crippen LogP contribution in [0.4, 0.5) is 8.78 Å². The minimum atomic E-state index is -0.863. The maximum atomic E-state index is 13.2. The monoisotopic (exact) mass is 228 g/mol. The van der Waals surface area contributed by atoms with E-state index < -0.39 is 23.0 Å². The van der Waals surface area contributed by atoms with Gasteiger partial charge in [0, 0.05) is 0 Å². The lowest BCUT2D eigenvalue weighted by Crippen LogP contribution is -2.37. The van der Waals surface area contributed by atoms with Gasteiger partial charge in [-0.2, -0.15) is 0 Å². The van der Waals surface area contributed by atoms with Crippen molar-refractivity contribution in [1.29, 1.82) is 0 Å². The number of benzene rings is 1. The molecule has 1 aliphatic rings. The standard InChI is InChI=1S/C11H10F2O3/c12-8-2-1-3-9(13)11(8)10(14)6-16-7-4-15-5-7/h1-3,7H,4-6H2. The molecular formula is C11H10F2O3. The molecule has 86 valence electrons. The van der Waals surface area contributed by atoms with Gasteiger partial charge in [-0.3, -0.25) is 4.79 Å². The molecule has 1 fully saturated rings. The molecule has 5 heteroatoms. The lowest BCUT2D eigenvalue weighted by molar-refractivity contribution is -0.123. The molecule has 0 bridgehead atoms. The van der Waals surface area contributed by atoms with Crippen molar-refractivity contribution in [2.24, 2.45) is 0 Å². The lowest BCUT2D eigenvalue weighted by Gasteiger charge is -2.25. The van der Waals surface area contributed by atoms with Crippen LogP contribution in [0.2, 0.25) is 0 Å². The van der Waals surface area contributed by atoms with Crippen molar-refractivity contribution in [2.45, 2.75) is 6.10 Å². The molecule has 0 aliphatic carbocycles. The van der Waals surface area contributed by atoms with Gasteiger partial charge in [-0.15, -0.1) is 0 Å². The van der Waals surface area contributed by atoms with Crippen molar-refractivity contribution in [2.75, 3.05) is 19.8 Å². The summed E-state index contributed by atoms with van der Waals surface area (Å²) in [6, 6.07) is 3.30. The van der Waals surface area contributed by atoms with Gasteiger partial charge in [0.25, 0.3) is 0 Å². The molecule has 0 spiro atoms. The summed E-state index contributed by atoms with van der Waals surface area (Å²) in [6.07, 6.45) is -0.140. The van der Waals surface area contributed by atoms with Crippen LogP contribution in [-0.2, 0) is 9.47 Å². The zero-order valence-corrected chi connectivity index (χ0v) is 8.41. The maximum Gasteiger partial charge on any atom is 0.194 e. The summed E-state index contributed by atoms with van der Waals surface area (Å²) in [5.74, 6) is -2.42. The first-order chi connectivity index (χ1) is 7.68. The number of halogens is 2. The molecule has 1 aromatic carbocycles. The van der Waals surface area contributed by atoms with Crippen LogP contribution >= 0.6 is 0 Å². The Morgan fingerprint density at radius 1 is 1.38 bits per heavy atom. The third kappa shape index (κ3) is 2.25. The van der Waals surface area contributed by atoms with Crippen LogP contribution in [0.15, 0.2) is 18.2 Å². The molecule has 16 heavy (non-hydrogen) atoms. The van der Waals surface area contributed by atoms with Crippen molar-refractivity contribution >= 4 is 5.78 Å². The molecule has 0 N–H and O–H groups in total. The first kappa shape index (κ1) is 11.2. The van der Waals surface area contributed by atoms with Crippen LogP contribution in [0.3, 0.4) is 0 Å². The molecule has 3 nitrogen and oxygen atoms in total. The Morgan fingerprint density at radius 3 is 2.50 bits per heavy atom. The molecule has 1 aliphatic heterocycles. The molecular weight excluding hydrogens is 218 g/mol. The average Bonchev–Trinajstić information content (AvgIpc) is 2.15. The van der Waals surface area contributed by atoms with Crippen molar-refractivity contribution in [1.82, 2.24) is 0 Å². The first-order valence-electron chi connectivity index (χ1n) is 4.85. The van der Waals surface area contributed by atoms with E-state index in [9.17, 15) is 13.6 Å². The summed E-state index contributed by atoms with van der Waals surface area (Å²) in [5.41, 5.74) is -0.539. The van der Waals surface area contributed by atoms with E-state index >= 15 is 0 Å². The second kappa shape index (κ2) is 4.67. The predicted molar refractivity (Wildman–Crippen MR) is 51.2 cm³/mol. The minimum absolute atomic E-state index is 0.140. The maximum absolute atomic E-state index is 13.2. The molecule has 0 unspecified atom stereocenters. The Kier molecular flexibility index (Phi) is 3.26. The Bertz CT molecular complexity index is 382. The normalized spacial score (nSPS) is 15.9. The van der Waals surface area contributed by atoms with Crippen LogP contribution < -0.4 is 0 Å². The van der Waals surface area contributed by atoms with E-state index in [4.69, 9.17) is 9.47 Å². The smallest absolute Gasteiger partial charge is 0.194 e. The molecule has 0 aromatic heterocycles. The van der Waals surface area contributed by atoms with Crippen LogP contribution in [0.5, 0.6) is 0 Å². The van der Waals surface area contributed by atoms with E-state index in [1.807, 2.05) is 0 Å². The fraction of sp³-hybridized carbons (Fsp3) is 0.364. The van der Waals surface area contributed by atoms with Gasteiger partial charge in [0.05, 0.1) is 18.8 Å². The Morgan fingerprint density at radius 2 is 2.00 bits per heavy atom. The zero-order valence-electron chi connectivity index (χ0n) is 8.41. The van der Waals surface area contributed by atoms with Crippen LogP contribution in [0.25, 0.3) is 0 Å². The van der Waals surface area contributed by atoms with Gasteiger partial charge in [0.1, 0.15) is 24.3 Å². The summed E-state index contributed by atoms with van der Waals surface area (Å²) >= 11 is 0. The summed E-state index contributed by atoms with van der Waals surface area (Å²) in [7, 11) is 0. The summed E-state index contributed by atoms with van der Waals surface area (Å²) in [4.78, 5) is 11.5. The van der Waals surface area contributed by atoms with Gasteiger partial charge >= 0.3 is 0 Å². The minimum Gasteiger partial charge on any atom is -0.376 e. The average molecular weight is 228 g/mol. The number of carbonyl (C=O) groups excluding carboxylic acids is 1. The highest BCUT2D eigenvalue weighted by Crippen LogP contribution is 2.14. The summed E-state index contributed by atoms with van der Waals surface area (Å²) in [5, 5.41) is 0. The molecule has 0 saturated carbocycles. The fourth-order valence-corrected chi connectivity index (χ4v) is 1.34. The largest absolute Gasteiger partial charge is 0.376 e. The number of carbonyl (C=O) groups is 1. The number of hydrogen-bond donors (Lipinski definition) is 0. The Hall–Kier alpha value is -1.33. The van der Waals surface area contributed by atoms with Gasteiger partial charge in [-0.05, 0) is 12.1 Å². The van der Waals surface area contributed by atoms with Crippen molar-refractivity contribution in [3.8, 4) is 0 Å². The second-order valence-electron chi connectivity index (χ2n) is 3.49. The number of ether oxygens (including phenoxy) is 2. The van der Waals surface area contributed by atoms with Crippen LogP contribution in [-0.4, -0.2) is 31.7 Å². The molecule has 1 saturated heterocycles. The number of Topliss-reactive ketones (excluding diaryl/α,β-unsaturated/α-hetero) is 1. The van der Waals surface area contributed by atoms with Gasteiger partial charge in [-0.25, -0.2) is 8.78 Å². The summed E-state index contributed by atoms with van der Waals surface area (Å²) in [6.45, 7) is 0.520. The summed E-state index contributed by atoms with van der Waals surface area (Å²) < 4.78 is 36.3. The lowest BCUT2D eigenvalue weighted by atomic mass is 10.1. The van der Waals surface area contributed by atoms with E-state index in [1.54, 1.807) is 0 Å². The number of ketones is 1. The van der Waals surface area contributed by atoms with Crippen molar-refractivity contribution in [3.05, 3.63) is 35.4 Å².